The Morgan fingerprint density at radius 2 is 1.42 bits per heavy atom. The Bertz CT molecular complexity index is 432. The smallest absolute Gasteiger partial charge is 0.163 e. The van der Waals surface area contributed by atoms with E-state index in [1.807, 2.05) is 0 Å². The zero-order chi connectivity index (χ0) is 14.8. The number of nitrogens with one attached hydrogen (secondary N) is 1. The van der Waals surface area contributed by atoms with Crippen molar-refractivity contribution < 1.29 is 0 Å². The summed E-state index contributed by atoms with van der Waals surface area (Å²) in [7, 11) is 0. The minimum atomic E-state index is 0.138. The number of nitrogens with two attached hydrogens (primary N) is 1. The topological polar surface area (TPSA) is 38.0 Å². The molecule has 106 valence electrons. The molecular formula is C16H26N2S. The lowest BCUT2D eigenvalue weighted by atomic mass is 9.79. The van der Waals surface area contributed by atoms with Crippen LogP contribution in [-0.4, -0.2) is 5.11 Å². The first-order valence-electron chi connectivity index (χ1n) is 6.68. The molecule has 1 rings (SSSR count). The lowest BCUT2D eigenvalue weighted by molar-refractivity contribution is 0.566. The largest absolute Gasteiger partial charge is 0.376 e. The monoisotopic (exact) mass is 278 g/mol. The summed E-state index contributed by atoms with van der Waals surface area (Å²) in [4.78, 5) is 0. The summed E-state index contributed by atoms with van der Waals surface area (Å²) in [5.74, 6) is 0. The fourth-order valence-electron chi connectivity index (χ4n) is 1.85. The zero-order valence-electron chi connectivity index (χ0n) is 12.9. The van der Waals surface area contributed by atoms with Gasteiger partial charge in [-0.1, -0.05) is 59.7 Å². The van der Waals surface area contributed by atoms with Gasteiger partial charge in [0.1, 0.15) is 0 Å². The molecule has 2 nitrogen and oxygen atoms in total. The van der Waals surface area contributed by atoms with Crippen LogP contribution in [0.3, 0.4) is 0 Å². The van der Waals surface area contributed by atoms with E-state index >= 15 is 0 Å². The van der Waals surface area contributed by atoms with Crippen molar-refractivity contribution in [2.24, 2.45) is 5.73 Å². The minimum absolute atomic E-state index is 0.138. The molecule has 0 radical (unpaired) electrons. The second kappa shape index (κ2) is 5.49. The molecule has 0 aliphatic heterocycles. The van der Waals surface area contributed by atoms with Crippen LogP contribution in [0.4, 0.5) is 0 Å². The van der Waals surface area contributed by atoms with Crippen LogP contribution in [0.5, 0.6) is 0 Å². The third kappa shape index (κ3) is 4.83. The lowest BCUT2D eigenvalue weighted by Gasteiger charge is -2.26. The van der Waals surface area contributed by atoms with E-state index in [1.54, 1.807) is 0 Å². The number of hydrogen-bond acceptors (Lipinski definition) is 1. The van der Waals surface area contributed by atoms with Gasteiger partial charge in [-0.25, -0.2) is 0 Å². The van der Waals surface area contributed by atoms with Gasteiger partial charge in [0.2, 0.25) is 0 Å². The van der Waals surface area contributed by atoms with Crippen LogP contribution < -0.4 is 11.1 Å². The van der Waals surface area contributed by atoms with E-state index in [1.165, 1.54) is 16.7 Å². The van der Waals surface area contributed by atoms with Gasteiger partial charge < -0.3 is 11.1 Å². The number of thiocarbonyl (C=S) groups is 1. The predicted molar refractivity (Wildman–Crippen MR) is 87.5 cm³/mol. The third-order valence-electron chi connectivity index (χ3n) is 3.19. The van der Waals surface area contributed by atoms with Gasteiger partial charge in [-0.2, -0.15) is 0 Å². The van der Waals surface area contributed by atoms with Crippen LogP contribution in [0.25, 0.3) is 0 Å². The van der Waals surface area contributed by atoms with Crippen LogP contribution in [-0.2, 0) is 17.4 Å². The Labute approximate surface area is 122 Å². The molecule has 0 spiro atoms. The maximum absolute atomic E-state index is 5.51. The molecular weight excluding hydrogens is 252 g/mol. The van der Waals surface area contributed by atoms with Crippen molar-refractivity contribution in [2.75, 3.05) is 0 Å². The predicted octanol–water partition coefficient (Wildman–Crippen LogP) is 3.61. The first-order valence-corrected chi connectivity index (χ1v) is 7.09. The first kappa shape index (κ1) is 16.0. The van der Waals surface area contributed by atoms with Crippen molar-refractivity contribution in [3.05, 3.63) is 34.9 Å². The molecule has 3 heteroatoms. The summed E-state index contributed by atoms with van der Waals surface area (Å²) >= 11 is 4.87. The molecule has 0 bridgehead atoms. The SMILES string of the molecule is CC(C)(C)c1cc(CNC(N)=S)cc(C(C)(C)C)c1. The van der Waals surface area contributed by atoms with Gasteiger partial charge in [-0.3, -0.25) is 0 Å². The van der Waals surface area contributed by atoms with Gasteiger partial charge in [0, 0.05) is 6.54 Å². The van der Waals surface area contributed by atoms with Gasteiger partial charge in [0.25, 0.3) is 0 Å². The molecule has 19 heavy (non-hydrogen) atoms. The van der Waals surface area contributed by atoms with Gasteiger partial charge >= 0.3 is 0 Å². The van der Waals surface area contributed by atoms with Crippen LogP contribution in [0.2, 0.25) is 0 Å². The molecule has 0 saturated carbocycles. The van der Waals surface area contributed by atoms with Gasteiger partial charge in [0.05, 0.1) is 0 Å². The molecule has 1 aromatic rings. The Balaban J connectivity index is 3.21. The van der Waals surface area contributed by atoms with E-state index in [9.17, 15) is 0 Å². The van der Waals surface area contributed by atoms with Crippen molar-refractivity contribution in [3.8, 4) is 0 Å². The molecule has 0 saturated heterocycles. The fraction of sp³-hybridized carbons (Fsp3) is 0.562. The average Bonchev–Trinajstić information content (AvgIpc) is 2.23. The highest BCUT2D eigenvalue weighted by Crippen LogP contribution is 2.30. The molecule has 1 aromatic carbocycles. The highest BCUT2D eigenvalue weighted by atomic mass is 32.1. The maximum Gasteiger partial charge on any atom is 0.163 e. The molecule has 0 aliphatic carbocycles. The summed E-state index contributed by atoms with van der Waals surface area (Å²) in [6.07, 6.45) is 0. The maximum atomic E-state index is 5.51. The van der Waals surface area contributed by atoms with Crippen LogP contribution in [0.15, 0.2) is 18.2 Å². The Kier molecular flexibility index (Phi) is 4.62. The van der Waals surface area contributed by atoms with Crippen LogP contribution in [0, 0.1) is 0 Å². The van der Waals surface area contributed by atoms with Gasteiger partial charge in [-0.05, 0) is 39.7 Å². The second-order valence-electron chi connectivity index (χ2n) is 7.14. The van der Waals surface area contributed by atoms with E-state index in [0.717, 1.165) is 0 Å². The standard InChI is InChI=1S/C16H26N2S/c1-15(2,3)12-7-11(10-18-14(17)19)8-13(9-12)16(4,5)6/h7-9H,10H2,1-6H3,(H3,17,18,19). The normalized spacial score (nSPS) is 12.3. The van der Waals surface area contributed by atoms with E-state index in [2.05, 4.69) is 65.1 Å². The van der Waals surface area contributed by atoms with E-state index < -0.39 is 0 Å². The quantitative estimate of drug-likeness (QED) is 0.812. The average molecular weight is 278 g/mol. The Morgan fingerprint density at radius 3 is 1.74 bits per heavy atom. The second-order valence-corrected chi connectivity index (χ2v) is 7.58. The zero-order valence-corrected chi connectivity index (χ0v) is 13.7. The van der Waals surface area contributed by atoms with Gasteiger partial charge in [0.15, 0.2) is 5.11 Å². The summed E-state index contributed by atoms with van der Waals surface area (Å²) in [5, 5.41) is 3.37. The highest BCUT2D eigenvalue weighted by molar-refractivity contribution is 7.80. The molecule has 0 aromatic heterocycles. The van der Waals surface area contributed by atoms with Crippen LogP contribution >= 0.6 is 12.2 Å². The summed E-state index contributed by atoms with van der Waals surface area (Å²) < 4.78 is 0. The summed E-state index contributed by atoms with van der Waals surface area (Å²) in [5.41, 5.74) is 9.71. The molecule has 3 N–H and O–H groups in total. The number of rotatable bonds is 2. The van der Waals surface area contributed by atoms with Crippen molar-refractivity contribution in [2.45, 2.75) is 58.9 Å². The molecule has 0 atom stereocenters. The number of hydrogen-bond donors (Lipinski definition) is 2. The molecule has 0 aliphatic rings. The highest BCUT2D eigenvalue weighted by Gasteiger charge is 2.20. The molecule has 0 heterocycles. The van der Waals surface area contributed by atoms with E-state index in [0.29, 0.717) is 11.7 Å². The summed E-state index contributed by atoms with van der Waals surface area (Å²) in [6.45, 7) is 14.1. The number of benzene rings is 1. The third-order valence-corrected chi connectivity index (χ3v) is 3.34. The Morgan fingerprint density at radius 1 is 1.00 bits per heavy atom. The van der Waals surface area contributed by atoms with Crippen molar-refractivity contribution in [1.29, 1.82) is 0 Å². The van der Waals surface area contributed by atoms with Crippen molar-refractivity contribution in [3.63, 3.8) is 0 Å². The van der Waals surface area contributed by atoms with Crippen molar-refractivity contribution >= 4 is 17.3 Å². The lowest BCUT2D eigenvalue weighted by Crippen LogP contribution is -2.28. The fourth-order valence-corrected chi connectivity index (χ4v) is 1.92. The van der Waals surface area contributed by atoms with E-state index in [4.69, 9.17) is 18.0 Å². The summed E-state index contributed by atoms with van der Waals surface area (Å²) in [6, 6.07) is 6.78. The van der Waals surface area contributed by atoms with E-state index in [-0.39, 0.29) is 10.8 Å². The first-order chi connectivity index (χ1) is 8.50. The Hall–Kier alpha value is -1.09. The molecule has 0 amide bonds. The molecule has 0 unspecified atom stereocenters. The molecule has 0 fully saturated rings. The minimum Gasteiger partial charge on any atom is -0.376 e. The van der Waals surface area contributed by atoms with Crippen LogP contribution in [0.1, 0.15) is 58.2 Å². The van der Waals surface area contributed by atoms with Gasteiger partial charge in [-0.15, -0.1) is 0 Å². The van der Waals surface area contributed by atoms with Crippen molar-refractivity contribution in [1.82, 2.24) is 5.32 Å².